The van der Waals surface area contributed by atoms with Crippen molar-refractivity contribution in [1.29, 1.82) is 0 Å². The molecule has 60 valence electrons. The summed E-state index contributed by atoms with van der Waals surface area (Å²) < 4.78 is 0. The molecule has 0 fully saturated rings. The summed E-state index contributed by atoms with van der Waals surface area (Å²) in [5, 5.41) is 0. The molecule has 1 heterocycles. The van der Waals surface area contributed by atoms with Crippen LogP contribution >= 0.6 is 0 Å². The van der Waals surface area contributed by atoms with E-state index in [1.165, 1.54) is 4.90 Å². The van der Waals surface area contributed by atoms with E-state index in [-0.39, 0.29) is 5.91 Å². The Morgan fingerprint density at radius 3 is 3.00 bits per heavy atom. The molecule has 1 aliphatic rings. The van der Waals surface area contributed by atoms with Crippen LogP contribution in [0.25, 0.3) is 0 Å². The Hall–Kier alpha value is -1.31. The van der Waals surface area contributed by atoms with Gasteiger partial charge < -0.3 is 4.90 Å². The van der Waals surface area contributed by atoms with Gasteiger partial charge >= 0.3 is 0 Å². The van der Waals surface area contributed by atoms with Gasteiger partial charge in [0.1, 0.15) is 6.54 Å². The van der Waals surface area contributed by atoms with Crippen molar-refractivity contribution >= 4 is 5.91 Å². The second kappa shape index (κ2) is 2.63. The summed E-state index contributed by atoms with van der Waals surface area (Å²) in [6.07, 6.45) is 0.500. The fourth-order valence-electron chi connectivity index (χ4n) is 1.31. The predicted octanol–water partition coefficient (Wildman–Crippen LogP) is 1.09. The summed E-state index contributed by atoms with van der Waals surface area (Å²) in [7, 11) is 1.73. The Morgan fingerprint density at radius 1 is 1.42 bits per heavy atom. The lowest BCUT2D eigenvalue weighted by atomic mass is 10.00. The molecule has 1 aromatic rings. The fraction of sp³-hybridized carbons (Fsp3) is 0.200. The number of hydrogen-bond donors (Lipinski definition) is 0. The van der Waals surface area contributed by atoms with Gasteiger partial charge in [-0.05, 0) is 11.1 Å². The molecule has 0 aromatic heterocycles. The quantitative estimate of drug-likeness (QED) is 0.555. The fourth-order valence-corrected chi connectivity index (χ4v) is 1.31. The first-order chi connectivity index (χ1) is 5.77. The molecule has 0 bridgehead atoms. The van der Waals surface area contributed by atoms with Crippen LogP contribution in [-0.4, -0.2) is 17.9 Å². The maximum absolute atomic E-state index is 11.2. The molecule has 2 radical (unpaired) electrons. The summed E-state index contributed by atoms with van der Waals surface area (Å²) in [5.41, 5.74) is 2.10. The maximum Gasteiger partial charge on any atom is 0.227 e. The molecular weight excluding hydrogens is 150 g/mol. The molecule has 0 atom stereocenters. The van der Waals surface area contributed by atoms with Crippen molar-refractivity contribution in [2.45, 2.75) is 6.42 Å². The summed E-state index contributed by atoms with van der Waals surface area (Å²) in [5.74, 6) is 0.105. The highest BCUT2D eigenvalue weighted by Gasteiger charge is 2.19. The van der Waals surface area contributed by atoms with E-state index in [0.717, 1.165) is 11.1 Å². The minimum absolute atomic E-state index is 0.105. The molecule has 1 aliphatic heterocycles. The van der Waals surface area contributed by atoms with Crippen LogP contribution in [0.3, 0.4) is 0 Å². The normalized spacial score (nSPS) is 16.1. The lowest BCUT2D eigenvalue weighted by Gasteiger charge is -2.22. The van der Waals surface area contributed by atoms with Gasteiger partial charge in [-0.1, -0.05) is 24.3 Å². The van der Waals surface area contributed by atoms with Gasteiger partial charge in [0.15, 0.2) is 0 Å². The number of likely N-dealkylation sites (N-methyl/N-ethyl adjacent to an activating group) is 1. The average Bonchev–Trinajstić information content (AvgIpc) is 2.07. The minimum Gasteiger partial charge on any atom is -0.330 e. The summed E-state index contributed by atoms with van der Waals surface area (Å²) in [6.45, 7) is 2.99. The number of hydrogen-bond acceptors (Lipinski definition) is 1. The molecule has 0 N–H and O–H groups in total. The van der Waals surface area contributed by atoms with Crippen molar-refractivity contribution in [2.75, 3.05) is 7.05 Å². The molecule has 2 rings (SSSR count). The molecule has 2 heteroatoms. The number of carbonyl (C=O) groups is 1. The Morgan fingerprint density at radius 2 is 2.17 bits per heavy atom. The monoisotopic (exact) mass is 159 g/mol. The summed E-state index contributed by atoms with van der Waals surface area (Å²) in [4.78, 5) is 12.7. The van der Waals surface area contributed by atoms with Gasteiger partial charge in [-0.15, -0.1) is 0 Å². The van der Waals surface area contributed by atoms with Crippen LogP contribution in [0.15, 0.2) is 24.3 Å². The van der Waals surface area contributed by atoms with Gasteiger partial charge in [0.2, 0.25) is 5.91 Å². The molecule has 0 spiro atoms. The van der Waals surface area contributed by atoms with Crippen LogP contribution in [0.4, 0.5) is 0 Å². The van der Waals surface area contributed by atoms with Crippen LogP contribution < -0.4 is 0 Å². The van der Waals surface area contributed by atoms with Crippen molar-refractivity contribution in [2.24, 2.45) is 0 Å². The zero-order chi connectivity index (χ0) is 8.55. The van der Waals surface area contributed by atoms with Crippen LogP contribution in [0.1, 0.15) is 11.1 Å². The van der Waals surface area contributed by atoms with Gasteiger partial charge in [-0.25, -0.2) is 0 Å². The van der Waals surface area contributed by atoms with E-state index < -0.39 is 0 Å². The van der Waals surface area contributed by atoms with E-state index in [1.807, 2.05) is 24.3 Å². The Kier molecular flexibility index (Phi) is 1.61. The molecular formula is C10H9NO. The van der Waals surface area contributed by atoms with Crippen molar-refractivity contribution < 1.29 is 4.79 Å². The lowest BCUT2D eigenvalue weighted by Crippen LogP contribution is -2.30. The van der Waals surface area contributed by atoms with Crippen LogP contribution in [0.2, 0.25) is 0 Å². The van der Waals surface area contributed by atoms with Gasteiger partial charge in [-0.3, -0.25) is 4.79 Å². The van der Waals surface area contributed by atoms with Crippen molar-refractivity contribution in [1.82, 2.24) is 4.90 Å². The largest absolute Gasteiger partial charge is 0.330 e. The molecule has 12 heavy (non-hydrogen) atoms. The first-order valence-corrected chi connectivity index (χ1v) is 3.88. The third-order valence-corrected chi connectivity index (χ3v) is 2.02. The number of amides is 1. The number of benzene rings is 1. The molecule has 0 saturated carbocycles. The Labute approximate surface area is 71.8 Å². The number of fused-ring (bicyclic) bond motifs is 1. The van der Waals surface area contributed by atoms with Gasteiger partial charge in [-0.2, -0.15) is 0 Å². The highest BCUT2D eigenvalue weighted by atomic mass is 16.2. The maximum atomic E-state index is 11.2. The van der Waals surface area contributed by atoms with Crippen LogP contribution in [0, 0.1) is 6.54 Å². The van der Waals surface area contributed by atoms with Crippen molar-refractivity contribution in [3.05, 3.63) is 41.9 Å². The van der Waals surface area contributed by atoms with Gasteiger partial charge in [0.25, 0.3) is 0 Å². The standard InChI is InChI=1S/C10H9NO/c1-11-7-9-5-3-2-4-8(9)6-10(11)12/h2-5H,6H2,1H3. The molecule has 2 nitrogen and oxygen atoms in total. The lowest BCUT2D eigenvalue weighted by molar-refractivity contribution is -0.128. The second-order valence-electron chi connectivity index (χ2n) is 2.90. The zero-order valence-electron chi connectivity index (χ0n) is 6.87. The zero-order valence-corrected chi connectivity index (χ0v) is 6.87. The highest BCUT2D eigenvalue weighted by Crippen LogP contribution is 2.19. The van der Waals surface area contributed by atoms with E-state index >= 15 is 0 Å². The summed E-state index contributed by atoms with van der Waals surface area (Å²) in [6, 6.07) is 7.83. The van der Waals surface area contributed by atoms with E-state index in [0.29, 0.717) is 6.42 Å². The van der Waals surface area contributed by atoms with Crippen LogP contribution in [-0.2, 0) is 11.2 Å². The van der Waals surface area contributed by atoms with Crippen molar-refractivity contribution in [3.63, 3.8) is 0 Å². The average molecular weight is 159 g/mol. The number of carbonyl (C=O) groups excluding carboxylic acids is 1. The molecule has 0 unspecified atom stereocenters. The topological polar surface area (TPSA) is 20.3 Å². The van der Waals surface area contributed by atoms with E-state index in [2.05, 4.69) is 6.54 Å². The molecule has 0 saturated heterocycles. The first-order valence-electron chi connectivity index (χ1n) is 3.88. The number of nitrogens with zero attached hydrogens (tertiary/aromatic N) is 1. The first kappa shape index (κ1) is 7.35. The smallest absolute Gasteiger partial charge is 0.227 e. The third kappa shape index (κ3) is 1.09. The third-order valence-electron chi connectivity index (χ3n) is 2.02. The van der Waals surface area contributed by atoms with Crippen LogP contribution in [0.5, 0.6) is 0 Å². The SMILES string of the molecule is CN1[C]c2ccccc2CC1=O. The van der Waals surface area contributed by atoms with Gasteiger partial charge in [0, 0.05) is 7.05 Å². The molecule has 1 amide bonds. The van der Waals surface area contributed by atoms with E-state index in [1.54, 1.807) is 7.05 Å². The van der Waals surface area contributed by atoms with E-state index in [9.17, 15) is 4.79 Å². The summed E-state index contributed by atoms with van der Waals surface area (Å²) >= 11 is 0. The molecule has 0 aliphatic carbocycles. The van der Waals surface area contributed by atoms with Gasteiger partial charge in [0.05, 0.1) is 6.42 Å². The molecule has 1 aromatic carbocycles. The van der Waals surface area contributed by atoms with Crippen molar-refractivity contribution in [3.8, 4) is 0 Å². The Balaban J connectivity index is 2.40. The second-order valence-corrected chi connectivity index (χ2v) is 2.90. The number of rotatable bonds is 0. The minimum atomic E-state index is 0.105. The predicted molar refractivity (Wildman–Crippen MR) is 45.3 cm³/mol. The Bertz CT molecular complexity index is 319. The highest BCUT2D eigenvalue weighted by molar-refractivity contribution is 5.82. The van der Waals surface area contributed by atoms with E-state index in [4.69, 9.17) is 0 Å².